The van der Waals surface area contributed by atoms with E-state index in [0.29, 0.717) is 11.6 Å². The Morgan fingerprint density at radius 3 is 2.36 bits per heavy atom. The topological polar surface area (TPSA) is 61.4 Å². The third kappa shape index (κ3) is 2.38. The molecule has 2 N–H and O–H groups in total. The Morgan fingerprint density at radius 1 is 1.64 bits per heavy atom. The summed E-state index contributed by atoms with van der Waals surface area (Å²) in [5.41, 5.74) is 5.58. The van der Waals surface area contributed by atoms with Crippen LogP contribution in [-0.2, 0) is 11.2 Å². The molecule has 0 aromatic heterocycles. The normalized spacial score (nSPS) is 16.6. The molecule has 3 nitrogen and oxygen atoms in total. The molecule has 1 unspecified atom stereocenters. The Bertz CT molecular complexity index is 157. The summed E-state index contributed by atoms with van der Waals surface area (Å²) in [6.45, 7) is 5.56. The van der Waals surface area contributed by atoms with E-state index < -0.39 is 15.9 Å². The number of aliphatic imine (C=N–C) groups is 1. The summed E-state index contributed by atoms with van der Waals surface area (Å²) in [5.74, 6) is 1.07. The predicted octanol–water partition coefficient (Wildman–Crippen LogP) is 0.521. The quantitative estimate of drug-likeness (QED) is 0.387. The van der Waals surface area contributed by atoms with Gasteiger partial charge in [-0.05, 0) is 31.9 Å². The molecule has 0 fully saturated rings. The third-order valence-corrected chi connectivity index (χ3v) is 3.56. The molecule has 0 rings (SSSR count). The van der Waals surface area contributed by atoms with Crippen LogP contribution in [0.1, 0.15) is 20.8 Å². The van der Waals surface area contributed by atoms with Crippen molar-refractivity contribution in [2.45, 2.75) is 25.5 Å². The van der Waals surface area contributed by atoms with E-state index in [4.69, 9.17) is 5.73 Å². The summed E-state index contributed by atoms with van der Waals surface area (Å²) in [7, 11) is 1.62. The Morgan fingerprint density at radius 2 is 2.09 bits per heavy atom. The van der Waals surface area contributed by atoms with E-state index in [1.165, 1.54) is 0 Å². The van der Waals surface area contributed by atoms with Crippen LogP contribution in [-0.4, -0.2) is 27.9 Å². The van der Waals surface area contributed by atoms with Gasteiger partial charge in [-0.2, -0.15) is 0 Å². The minimum Gasteiger partial charge on any atom is -0.616 e. The van der Waals surface area contributed by atoms with Crippen LogP contribution in [0, 0.1) is 0 Å². The van der Waals surface area contributed by atoms with Gasteiger partial charge >= 0.3 is 0 Å². The van der Waals surface area contributed by atoms with Gasteiger partial charge in [0.2, 0.25) is 0 Å². The standard InChI is InChI=1S/C7H16N2OS/c1-5-11(10)7(2,3)6(8)9-4/h5H2,1-4H3,(H2,8,9). The Kier molecular flexibility index (Phi) is 3.89. The molecule has 0 aromatic carbocycles. The molecule has 0 aliphatic rings. The second-order valence-corrected chi connectivity index (χ2v) is 5.04. The highest BCUT2D eigenvalue weighted by molar-refractivity contribution is 7.93. The molecule has 0 radical (unpaired) electrons. The van der Waals surface area contributed by atoms with Crippen molar-refractivity contribution in [1.82, 2.24) is 0 Å². The summed E-state index contributed by atoms with van der Waals surface area (Å²) in [5, 5.41) is 0. The molecule has 0 saturated carbocycles. The SMILES string of the molecule is CC[S+]([O-])C(C)(C)/C(N)=N\C. The van der Waals surface area contributed by atoms with E-state index in [0.717, 1.165) is 0 Å². The number of amidine groups is 1. The molecule has 11 heavy (non-hydrogen) atoms. The highest BCUT2D eigenvalue weighted by Gasteiger charge is 2.34. The van der Waals surface area contributed by atoms with Gasteiger partial charge < -0.3 is 10.3 Å². The molecule has 4 heteroatoms. The van der Waals surface area contributed by atoms with E-state index in [1.807, 2.05) is 20.8 Å². The van der Waals surface area contributed by atoms with E-state index in [-0.39, 0.29) is 0 Å². The predicted molar refractivity (Wildman–Crippen MR) is 50.3 cm³/mol. The third-order valence-electron chi connectivity index (χ3n) is 1.69. The largest absolute Gasteiger partial charge is 0.616 e. The van der Waals surface area contributed by atoms with Gasteiger partial charge in [0.25, 0.3) is 0 Å². The van der Waals surface area contributed by atoms with Crippen LogP contribution in [0.15, 0.2) is 4.99 Å². The van der Waals surface area contributed by atoms with Gasteiger partial charge in [0.15, 0.2) is 4.75 Å². The average molecular weight is 176 g/mol. The lowest BCUT2D eigenvalue weighted by atomic mass is 10.2. The first kappa shape index (κ1) is 10.8. The van der Waals surface area contributed by atoms with Crippen LogP contribution < -0.4 is 5.73 Å². The van der Waals surface area contributed by atoms with Gasteiger partial charge in [-0.3, -0.25) is 4.99 Å². The maximum atomic E-state index is 11.4. The molecule has 0 heterocycles. The van der Waals surface area contributed by atoms with Crippen molar-refractivity contribution >= 4 is 17.0 Å². The van der Waals surface area contributed by atoms with E-state index in [2.05, 4.69) is 4.99 Å². The zero-order chi connectivity index (χ0) is 9.07. The summed E-state index contributed by atoms with van der Waals surface area (Å²) in [6, 6.07) is 0. The van der Waals surface area contributed by atoms with Crippen LogP contribution in [0.5, 0.6) is 0 Å². The number of nitrogens with two attached hydrogens (primary N) is 1. The fourth-order valence-electron chi connectivity index (χ4n) is 0.747. The molecule has 0 amide bonds. The van der Waals surface area contributed by atoms with Crippen molar-refractivity contribution in [1.29, 1.82) is 0 Å². The van der Waals surface area contributed by atoms with Gasteiger partial charge in [-0.25, -0.2) is 0 Å². The summed E-state index contributed by atoms with van der Waals surface area (Å²) >= 11 is -0.923. The molecule has 66 valence electrons. The van der Waals surface area contributed by atoms with Crippen LogP contribution in [0.25, 0.3) is 0 Å². The van der Waals surface area contributed by atoms with Crippen molar-refractivity contribution < 1.29 is 4.55 Å². The van der Waals surface area contributed by atoms with E-state index >= 15 is 0 Å². The Balaban J connectivity index is 4.44. The minimum absolute atomic E-state index is 0.456. The lowest BCUT2D eigenvalue weighted by molar-refractivity contribution is 0.577. The highest BCUT2D eigenvalue weighted by Crippen LogP contribution is 2.16. The lowest BCUT2D eigenvalue weighted by Crippen LogP contribution is -2.46. The highest BCUT2D eigenvalue weighted by atomic mass is 32.2. The maximum absolute atomic E-state index is 11.4. The van der Waals surface area contributed by atoms with E-state index in [9.17, 15) is 4.55 Å². The zero-order valence-corrected chi connectivity index (χ0v) is 8.36. The molecule has 0 saturated heterocycles. The van der Waals surface area contributed by atoms with Crippen LogP contribution in [0.4, 0.5) is 0 Å². The van der Waals surface area contributed by atoms with Crippen LogP contribution in [0.2, 0.25) is 0 Å². The summed E-state index contributed by atoms with van der Waals surface area (Å²) < 4.78 is 10.9. The smallest absolute Gasteiger partial charge is 0.175 e. The second-order valence-electron chi connectivity index (χ2n) is 2.75. The van der Waals surface area contributed by atoms with Gasteiger partial charge in [0, 0.05) is 7.05 Å². The second kappa shape index (κ2) is 3.97. The van der Waals surface area contributed by atoms with Crippen LogP contribution >= 0.6 is 0 Å². The first-order valence-corrected chi connectivity index (χ1v) is 4.90. The van der Waals surface area contributed by atoms with Crippen LogP contribution in [0.3, 0.4) is 0 Å². The van der Waals surface area contributed by atoms with Crippen molar-refractivity contribution in [3.8, 4) is 0 Å². The Labute approximate surface area is 71.3 Å². The fraction of sp³-hybridized carbons (Fsp3) is 0.857. The van der Waals surface area contributed by atoms with Gasteiger partial charge in [0.05, 0.1) is 0 Å². The van der Waals surface area contributed by atoms with E-state index in [1.54, 1.807) is 7.05 Å². The van der Waals surface area contributed by atoms with Crippen molar-refractivity contribution in [2.24, 2.45) is 10.7 Å². The molecule has 1 atom stereocenters. The molecule has 0 aliphatic carbocycles. The molecule has 0 spiro atoms. The maximum Gasteiger partial charge on any atom is 0.175 e. The number of hydrogen-bond donors (Lipinski definition) is 1. The van der Waals surface area contributed by atoms with Gasteiger partial charge in [0.1, 0.15) is 11.6 Å². The van der Waals surface area contributed by atoms with Crippen molar-refractivity contribution in [2.75, 3.05) is 12.8 Å². The summed E-state index contributed by atoms with van der Waals surface area (Å²) in [6.07, 6.45) is 0. The number of rotatable bonds is 3. The summed E-state index contributed by atoms with van der Waals surface area (Å²) in [4.78, 5) is 3.83. The first-order chi connectivity index (χ1) is 4.96. The lowest BCUT2D eigenvalue weighted by Gasteiger charge is -2.26. The average Bonchev–Trinajstić information content (AvgIpc) is 2.01. The van der Waals surface area contributed by atoms with Gasteiger partial charge in [-0.15, -0.1) is 0 Å². The first-order valence-electron chi connectivity index (χ1n) is 3.58. The van der Waals surface area contributed by atoms with Crippen molar-refractivity contribution in [3.05, 3.63) is 0 Å². The molecular formula is C7H16N2OS. The van der Waals surface area contributed by atoms with Gasteiger partial charge in [-0.1, -0.05) is 0 Å². The molecule has 0 bridgehead atoms. The molecule has 0 aromatic rings. The number of hydrogen-bond acceptors (Lipinski definition) is 2. The zero-order valence-electron chi connectivity index (χ0n) is 7.55. The van der Waals surface area contributed by atoms with Crippen molar-refractivity contribution in [3.63, 3.8) is 0 Å². The molecule has 0 aliphatic heterocycles. The number of nitrogens with zero attached hydrogens (tertiary/aromatic N) is 1. The minimum atomic E-state index is -0.923. The molecular weight excluding hydrogens is 160 g/mol. The monoisotopic (exact) mass is 176 g/mol. The Hall–Kier alpha value is -0.220. The fourth-order valence-corrected chi connectivity index (χ4v) is 1.79.